The van der Waals surface area contributed by atoms with Gasteiger partial charge in [0.05, 0.1) is 22.9 Å². The van der Waals surface area contributed by atoms with E-state index < -0.39 is 0 Å². The zero-order valence-corrected chi connectivity index (χ0v) is 17.3. The van der Waals surface area contributed by atoms with Gasteiger partial charge in [0.25, 0.3) is 5.91 Å². The number of furan rings is 1. The molecule has 3 aromatic heterocycles. The van der Waals surface area contributed by atoms with Crippen LogP contribution in [0, 0.1) is 6.92 Å². The molecule has 4 aromatic rings. The summed E-state index contributed by atoms with van der Waals surface area (Å²) in [5.74, 6) is 0.448. The van der Waals surface area contributed by atoms with Gasteiger partial charge in [-0.15, -0.1) is 0 Å². The molecule has 1 fully saturated rings. The maximum atomic E-state index is 13.2. The molecular formula is C23H21N5O3. The van der Waals surface area contributed by atoms with E-state index in [2.05, 4.69) is 15.4 Å². The summed E-state index contributed by atoms with van der Waals surface area (Å²) >= 11 is 0. The molecule has 2 amide bonds. The van der Waals surface area contributed by atoms with E-state index in [9.17, 15) is 9.59 Å². The van der Waals surface area contributed by atoms with E-state index in [-0.39, 0.29) is 11.8 Å². The van der Waals surface area contributed by atoms with Crippen molar-refractivity contribution in [2.24, 2.45) is 7.05 Å². The van der Waals surface area contributed by atoms with Gasteiger partial charge in [0.1, 0.15) is 5.69 Å². The molecule has 0 atom stereocenters. The second kappa shape index (κ2) is 7.39. The van der Waals surface area contributed by atoms with E-state index in [0.717, 1.165) is 24.3 Å². The minimum absolute atomic E-state index is 0.133. The third-order valence-corrected chi connectivity index (χ3v) is 5.50. The van der Waals surface area contributed by atoms with Crippen LogP contribution in [-0.2, 0) is 11.8 Å². The van der Waals surface area contributed by atoms with Gasteiger partial charge >= 0.3 is 0 Å². The zero-order chi connectivity index (χ0) is 21.5. The first-order valence-electron chi connectivity index (χ1n) is 10.1. The minimum Gasteiger partial charge on any atom is -0.463 e. The lowest BCUT2D eigenvalue weighted by molar-refractivity contribution is -0.117. The van der Waals surface area contributed by atoms with Gasteiger partial charge in [-0.05, 0) is 55.8 Å². The monoisotopic (exact) mass is 415 g/mol. The van der Waals surface area contributed by atoms with Crippen LogP contribution in [-0.4, -0.2) is 33.1 Å². The maximum absolute atomic E-state index is 13.2. The number of carbonyl (C=O) groups is 2. The quantitative estimate of drug-likeness (QED) is 0.545. The first-order valence-corrected chi connectivity index (χ1v) is 10.1. The largest absolute Gasteiger partial charge is 0.463 e. The molecule has 1 aromatic carbocycles. The molecule has 8 heteroatoms. The van der Waals surface area contributed by atoms with Gasteiger partial charge in [-0.2, -0.15) is 5.10 Å². The van der Waals surface area contributed by atoms with Crippen molar-refractivity contribution in [3.8, 4) is 11.5 Å². The summed E-state index contributed by atoms with van der Waals surface area (Å²) in [7, 11) is 1.80. The average molecular weight is 415 g/mol. The van der Waals surface area contributed by atoms with Gasteiger partial charge in [-0.1, -0.05) is 0 Å². The normalized spacial score (nSPS) is 13.9. The lowest BCUT2D eigenvalue weighted by atomic mass is 10.1. The Morgan fingerprint density at radius 2 is 2.00 bits per heavy atom. The summed E-state index contributed by atoms with van der Waals surface area (Å²) in [5.41, 5.74) is 3.86. The number of aryl methyl sites for hydroxylation is 2. The van der Waals surface area contributed by atoms with Crippen LogP contribution in [0.2, 0.25) is 0 Å². The zero-order valence-electron chi connectivity index (χ0n) is 17.3. The fourth-order valence-electron chi connectivity index (χ4n) is 4.02. The molecule has 5 rings (SSSR count). The van der Waals surface area contributed by atoms with Gasteiger partial charge in [0, 0.05) is 31.4 Å². The van der Waals surface area contributed by atoms with Crippen molar-refractivity contribution in [1.82, 2.24) is 14.8 Å². The first kappa shape index (κ1) is 19.0. The number of nitrogens with zero attached hydrogens (tertiary/aromatic N) is 4. The van der Waals surface area contributed by atoms with Gasteiger partial charge in [0.2, 0.25) is 5.91 Å². The molecule has 1 aliphatic rings. The SMILES string of the molecule is Cc1nn(C)c2nc(-c3ccco3)cc(C(=O)Nc3ccc(N4CCCC4=O)cc3)c12. The summed E-state index contributed by atoms with van der Waals surface area (Å²) in [6.07, 6.45) is 3.03. The summed E-state index contributed by atoms with van der Waals surface area (Å²) in [6.45, 7) is 2.59. The maximum Gasteiger partial charge on any atom is 0.256 e. The highest BCUT2D eigenvalue weighted by molar-refractivity contribution is 6.13. The number of pyridine rings is 1. The van der Waals surface area contributed by atoms with Crippen LogP contribution >= 0.6 is 0 Å². The Morgan fingerprint density at radius 1 is 1.19 bits per heavy atom. The van der Waals surface area contributed by atoms with Crippen LogP contribution in [0.4, 0.5) is 11.4 Å². The highest BCUT2D eigenvalue weighted by atomic mass is 16.3. The Hall–Kier alpha value is -3.94. The van der Waals surface area contributed by atoms with Crippen LogP contribution < -0.4 is 10.2 Å². The standard InChI is InChI=1S/C23H21N5O3/c1-14-21-17(13-18(19-5-4-12-31-19)25-22(21)27(2)26-14)23(30)24-15-7-9-16(10-8-15)28-11-3-6-20(28)29/h4-5,7-10,12-13H,3,6,11H2,1-2H3,(H,24,30). The van der Waals surface area contributed by atoms with E-state index in [4.69, 9.17) is 4.42 Å². The molecule has 1 N–H and O–H groups in total. The van der Waals surface area contributed by atoms with Crippen molar-refractivity contribution >= 4 is 34.2 Å². The predicted molar refractivity (Wildman–Crippen MR) is 117 cm³/mol. The number of hydrogen-bond acceptors (Lipinski definition) is 5. The topological polar surface area (TPSA) is 93.3 Å². The summed E-state index contributed by atoms with van der Waals surface area (Å²) in [5, 5.41) is 8.09. The molecule has 0 aliphatic carbocycles. The van der Waals surface area contributed by atoms with E-state index in [1.807, 2.05) is 19.1 Å². The van der Waals surface area contributed by atoms with Crippen molar-refractivity contribution in [1.29, 1.82) is 0 Å². The van der Waals surface area contributed by atoms with Crippen molar-refractivity contribution in [2.75, 3.05) is 16.8 Å². The Labute approximate surface area is 178 Å². The van der Waals surface area contributed by atoms with E-state index >= 15 is 0 Å². The number of fused-ring (bicyclic) bond motifs is 1. The Balaban J connectivity index is 1.48. The molecule has 8 nitrogen and oxygen atoms in total. The van der Waals surface area contributed by atoms with Crippen molar-refractivity contribution in [2.45, 2.75) is 19.8 Å². The molecule has 4 heterocycles. The predicted octanol–water partition coefficient (Wildman–Crippen LogP) is 3.92. The average Bonchev–Trinajstić information content (AvgIpc) is 3.50. The molecule has 31 heavy (non-hydrogen) atoms. The number of amides is 2. The molecule has 1 saturated heterocycles. The number of nitrogens with one attached hydrogen (secondary N) is 1. The molecule has 156 valence electrons. The smallest absolute Gasteiger partial charge is 0.256 e. The summed E-state index contributed by atoms with van der Waals surface area (Å²) in [4.78, 5) is 31.6. The molecular weight excluding hydrogens is 394 g/mol. The Bertz CT molecular complexity index is 1290. The number of rotatable bonds is 4. The van der Waals surface area contributed by atoms with Gasteiger partial charge in [0.15, 0.2) is 11.4 Å². The Morgan fingerprint density at radius 3 is 2.68 bits per heavy atom. The van der Waals surface area contributed by atoms with Gasteiger partial charge in [-0.3, -0.25) is 14.3 Å². The number of anilines is 2. The molecule has 1 aliphatic heterocycles. The lowest BCUT2D eigenvalue weighted by Gasteiger charge is -2.16. The summed E-state index contributed by atoms with van der Waals surface area (Å²) in [6, 6.07) is 12.6. The van der Waals surface area contributed by atoms with Crippen LogP contribution in [0.3, 0.4) is 0 Å². The van der Waals surface area contributed by atoms with Crippen molar-refractivity contribution < 1.29 is 14.0 Å². The minimum atomic E-state index is -0.263. The van der Waals surface area contributed by atoms with Crippen LogP contribution in [0.15, 0.2) is 53.1 Å². The number of benzene rings is 1. The van der Waals surface area contributed by atoms with E-state index in [0.29, 0.717) is 40.2 Å². The second-order valence-corrected chi connectivity index (χ2v) is 7.59. The van der Waals surface area contributed by atoms with Gasteiger partial charge in [-0.25, -0.2) is 4.98 Å². The number of hydrogen-bond donors (Lipinski definition) is 1. The molecule has 0 radical (unpaired) electrons. The molecule has 0 bridgehead atoms. The van der Waals surface area contributed by atoms with Crippen LogP contribution in [0.1, 0.15) is 28.9 Å². The van der Waals surface area contributed by atoms with E-state index in [1.165, 1.54) is 0 Å². The van der Waals surface area contributed by atoms with Crippen LogP contribution in [0.5, 0.6) is 0 Å². The third kappa shape index (κ3) is 3.35. The fraction of sp³-hybridized carbons (Fsp3) is 0.217. The Kier molecular flexibility index (Phi) is 4.54. The van der Waals surface area contributed by atoms with E-state index in [1.54, 1.807) is 53.2 Å². The molecule has 0 spiro atoms. The fourth-order valence-corrected chi connectivity index (χ4v) is 4.02. The first-order chi connectivity index (χ1) is 15.0. The molecule has 0 unspecified atom stereocenters. The highest BCUT2D eigenvalue weighted by Gasteiger charge is 2.22. The number of aromatic nitrogens is 3. The van der Waals surface area contributed by atoms with Crippen molar-refractivity contribution in [3.63, 3.8) is 0 Å². The lowest BCUT2D eigenvalue weighted by Crippen LogP contribution is -2.23. The number of carbonyl (C=O) groups excluding carboxylic acids is 2. The third-order valence-electron chi connectivity index (χ3n) is 5.50. The van der Waals surface area contributed by atoms with Crippen molar-refractivity contribution in [3.05, 3.63) is 60.0 Å². The summed E-state index contributed by atoms with van der Waals surface area (Å²) < 4.78 is 7.15. The second-order valence-electron chi connectivity index (χ2n) is 7.59. The highest BCUT2D eigenvalue weighted by Crippen LogP contribution is 2.28. The molecule has 0 saturated carbocycles. The van der Waals surface area contributed by atoms with Crippen LogP contribution in [0.25, 0.3) is 22.5 Å². The van der Waals surface area contributed by atoms with Gasteiger partial charge < -0.3 is 14.6 Å².